The maximum atomic E-state index is 12.6. The molecule has 12 heteroatoms. The number of rotatable bonds is 12. The van der Waals surface area contributed by atoms with Crippen LogP contribution >= 0.6 is 0 Å². The number of carboxylic acid groups (broad SMARTS) is 1. The number of carbonyl (C=O) groups is 4. The summed E-state index contributed by atoms with van der Waals surface area (Å²) in [5, 5.41) is 39.5. The van der Waals surface area contributed by atoms with Crippen LogP contribution in [0.15, 0.2) is 0 Å². The standard InChI is InChI=1S/C19H32O2.C16H26O4.C13H20O4.C6H12O2/c1-6-17(2,3)16(20)21-18(4,5)19-10-13-7-14(11-19)9-15(8-13)12-19;1-4-13(2,3)12(17)20-16-7-11-5-14(18,9-16)8-15(19,6-11)10-16;1-3-6(2)12(14)16-10-7-4-8-9(5-7)13(15)17-11(8)10;1-4-6(2,3)5(7)8/h13-15H,6-12H2,1-5H3;11,18-19H,4-10H2,1-3H3;6-11,13,15H,3-5H2,1-2H3;4H2,1-3H3,(H,7,8)/t;;6?,7?,8?,9?,10?,11?,13-;/m..0./s1. The first-order valence-corrected chi connectivity index (χ1v) is 26.1. The van der Waals surface area contributed by atoms with Crippen LogP contribution in [0.5, 0.6) is 0 Å². The Hall–Kier alpha value is -2.28. The van der Waals surface area contributed by atoms with E-state index in [1.165, 1.54) is 38.5 Å². The van der Waals surface area contributed by atoms with E-state index in [1.54, 1.807) is 13.8 Å². The predicted molar refractivity (Wildman–Crippen MR) is 250 cm³/mol. The van der Waals surface area contributed by atoms with E-state index in [-0.39, 0.29) is 64.3 Å². The monoisotopic (exact) mass is 931 g/mol. The zero-order valence-electron chi connectivity index (χ0n) is 43.1. The molecule has 378 valence electrons. The van der Waals surface area contributed by atoms with Crippen LogP contribution in [0.25, 0.3) is 0 Å². The van der Waals surface area contributed by atoms with Crippen molar-refractivity contribution in [3.8, 4) is 0 Å². The molecule has 0 aromatic carbocycles. The number of aliphatic carboxylic acids is 1. The first-order valence-electron chi connectivity index (χ1n) is 26.1. The van der Waals surface area contributed by atoms with Crippen molar-refractivity contribution in [2.24, 2.45) is 69.0 Å². The maximum Gasteiger partial charge on any atom is 0.312 e. The minimum atomic E-state index is -0.842. The first-order chi connectivity index (χ1) is 30.4. The van der Waals surface area contributed by atoms with Crippen molar-refractivity contribution in [2.45, 2.75) is 246 Å². The summed E-state index contributed by atoms with van der Waals surface area (Å²) in [6, 6.07) is 0. The second kappa shape index (κ2) is 18.8. The van der Waals surface area contributed by atoms with Crippen molar-refractivity contribution in [2.75, 3.05) is 0 Å². The third-order valence-electron chi connectivity index (χ3n) is 19.1. The van der Waals surface area contributed by atoms with Gasteiger partial charge in [0.1, 0.15) is 23.4 Å². The lowest BCUT2D eigenvalue weighted by atomic mass is 9.46. The van der Waals surface area contributed by atoms with Gasteiger partial charge in [-0.3, -0.25) is 19.2 Å². The van der Waals surface area contributed by atoms with Crippen molar-refractivity contribution < 1.29 is 58.6 Å². The molecule has 1 saturated heterocycles. The number of hydrogen-bond acceptors (Lipinski definition) is 11. The van der Waals surface area contributed by atoms with Gasteiger partial charge in [0, 0.05) is 30.6 Å². The fourth-order valence-corrected chi connectivity index (χ4v) is 14.1. The molecule has 66 heavy (non-hydrogen) atoms. The fourth-order valence-electron chi connectivity index (χ4n) is 14.1. The van der Waals surface area contributed by atoms with Crippen LogP contribution in [0.2, 0.25) is 0 Å². The quantitative estimate of drug-likeness (QED) is 0.107. The third kappa shape index (κ3) is 10.7. The second-order valence-corrected chi connectivity index (χ2v) is 25.9. The molecule has 10 bridgehead atoms. The molecule has 1 heterocycles. The van der Waals surface area contributed by atoms with Gasteiger partial charge in [-0.1, -0.05) is 34.6 Å². The molecule has 8 unspecified atom stereocenters. The van der Waals surface area contributed by atoms with Gasteiger partial charge in [-0.25, -0.2) is 0 Å². The van der Waals surface area contributed by atoms with Crippen molar-refractivity contribution in [3.05, 3.63) is 0 Å². The molecule has 11 rings (SSSR count). The van der Waals surface area contributed by atoms with Gasteiger partial charge in [0.25, 0.3) is 0 Å². The Morgan fingerprint density at radius 3 is 1.58 bits per heavy atom. The molecule has 0 amide bonds. The summed E-state index contributed by atoms with van der Waals surface area (Å²) in [7, 11) is 0. The van der Waals surface area contributed by atoms with E-state index >= 15 is 0 Å². The Morgan fingerprint density at radius 2 is 1.14 bits per heavy atom. The summed E-state index contributed by atoms with van der Waals surface area (Å²) in [6.45, 7) is 25.4. The number of hydrogen-bond donors (Lipinski definition) is 4. The van der Waals surface area contributed by atoms with Crippen LogP contribution in [0, 0.1) is 69.0 Å². The van der Waals surface area contributed by atoms with E-state index in [1.807, 2.05) is 55.4 Å². The van der Waals surface area contributed by atoms with Gasteiger partial charge < -0.3 is 39.4 Å². The average Bonchev–Trinajstić information content (AvgIpc) is 3.84. The average molecular weight is 931 g/mol. The number of fused-ring (bicyclic) bond motifs is 1. The number of aliphatic hydroxyl groups is 3. The molecule has 10 aliphatic carbocycles. The van der Waals surface area contributed by atoms with Gasteiger partial charge in [0.15, 0.2) is 6.29 Å². The highest BCUT2D eigenvalue weighted by molar-refractivity contribution is 5.77. The lowest BCUT2D eigenvalue weighted by Crippen LogP contribution is -2.67. The number of esters is 3. The van der Waals surface area contributed by atoms with Crippen molar-refractivity contribution in [1.29, 1.82) is 0 Å². The van der Waals surface area contributed by atoms with Gasteiger partial charge in [0.2, 0.25) is 0 Å². The lowest BCUT2D eigenvalue weighted by Gasteiger charge is -2.62. The molecule has 0 radical (unpaired) electrons. The van der Waals surface area contributed by atoms with Crippen LogP contribution in [0.3, 0.4) is 0 Å². The van der Waals surface area contributed by atoms with E-state index in [9.17, 15) is 34.5 Å². The molecule has 0 aromatic heterocycles. The van der Waals surface area contributed by atoms with Crippen molar-refractivity contribution in [3.63, 3.8) is 0 Å². The van der Waals surface area contributed by atoms with Crippen LogP contribution < -0.4 is 0 Å². The van der Waals surface area contributed by atoms with Crippen LogP contribution in [-0.2, 0) is 38.1 Å². The molecule has 1 aliphatic heterocycles. The van der Waals surface area contributed by atoms with Gasteiger partial charge in [-0.05, 0) is 187 Å². The highest BCUT2D eigenvalue weighted by atomic mass is 16.6. The van der Waals surface area contributed by atoms with E-state index in [0.717, 1.165) is 69.1 Å². The molecule has 0 spiro atoms. The summed E-state index contributed by atoms with van der Waals surface area (Å²) in [5.41, 5.74) is -3.80. The predicted octanol–water partition coefficient (Wildman–Crippen LogP) is 9.95. The lowest BCUT2D eigenvalue weighted by molar-refractivity contribution is -0.264. The summed E-state index contributed by atoms with van der Waals surface area (Å²) in [5.74, 6) is 2.96. The Morgan fingerprint density at radius 1 is 0.652 bits per heavy atom. The highest BCUT2D eigenvalue weighted by Crippen LogP contribution is 2.65. The van der Waals surface area contributed by atoms with Gasteiger partial charge in [-0.2, -0.15) is 0 Å². The molecule has 9 atom stereocenters. The zero-order chi connectivity index (χ0) is 49.2. The van der Waals surface area contributed by atoms with Crippen LogP contribution in [0.4, 0.5) is 0 Å². The van der Waals surface area contributed by atoms with E-state index in [2.05, 4.69) is 20.8 Å². The van der Waals surface area contributed by atoms with Crippen molar-refractivity contribution >= 4 is 23.9 Å². The number of aliphatic hydroxyl groups excluding tert-OH is 1. The molecular weight excluding hydrogens is 841 g/mol. The summed E-state index contributed by atoms with van der Waals surface area (Å²) in [4.78, 5) is 47.1. The molecule has 12 nitrogen and oxygen atoms in total. The van der Waals surface area contributed by atoms with E-state index < -0.39 is 39.9 Å². The smallest absolute Gasteiger partial charge is 0.312 e. The Kier molecular flexibility index (Phi) is 15.1. The SMILES string of the molecule is CCC(C)(C)C(=O)O.CCC(C)(C)C(=O)OC(C)(C)C12CC3CC(CC(C3)C1)C2.CCC(C)(C)C(=O)OC12CC3CC(O)(CC(O)(C3)C1)C2.CCC(C)C(=O)OC1C2CC3C1O[C@H](O)C3C2. The summed E-state index contributed by atoms with van der Waals surface area (Å²) < 4.78 is 23.2. The second-order valence-electron chi connectivity index (χ2n) is 25.9. The summed E-state index contributed by atoms with van der Waals surface area (Å²) in [6.07, 6.45) is 16.1. The van der Waals surface area contributed by atoms with Gasteiger partial charge >= 0.3 is 23.9 Å². The minimum absolute atomic E-state index is 0.00857. The van der Waals surface area contributed by atoms with Crippen LogP contribution in [0.1, 0.15) is 206 Å². The van der Waals surface area contributed by atoms with Gasteiger partial charge in [-0.15, -0.1) is 0 Å². The Balaban J connectivity index is 0.000000152. The largest absolute Gasteiger partial charge is 0.481 e. The molecule has 4 N–H and O–H groups in total. The van der Waals surface area contributed by atoms with E-state index in [4.69, 9.17) is 24.1 Å². The number of carbonyl (C=O) groups excluding carboxylic acids is 3. The molecule has 11 aliphatic rings. The number of carboxylic acids is 1. The number of ether oxygens (including phenoxy) is 4. The molecule has 10 saturated carbocycles. The Labute approximate surface area is 396 Å². The normalized spacial score (nSPS) is 40.2. The molecule has 0 aromatic rings. The van der Waals surface area contributed by atoms with Gasteiger partial charge in [0.05, 0.1) is 33.4 Å². The van der Waals surface area contributed by atoms with Crippen LogP contribution in [-0.4, -0.2) is 85.2 Å². The fraction of sp³-hybridized carbons (Fsp3) is 0.926. The topological polar surface area (TPSA) is 186 Å². The zero-order valence-corrected chi connectivity index (χ0v) is 43.1. The summed E-state index contributed by atoms with van der Waals surface area (Å²) >= 11 is 0. The Bertz CT molecular complexity index is 1730. The molecule has 11 fully saturated rings. The minimum Gasteiger partial charge on any atom is -0.481 e. The third-order valence-corrected chi connectivity index (χ3v) is 19.1. The molecular formula is C54H90O12. The first kappa shape index (κ1) is 53.1. The van der Waals surface area contributed by atoms with Crippen molar-refractivity contribution in [1.82, 2.24) is 0 Å². The maximum absolute atomic E-state index is 12.6. The highest BCUT2D eigenvalue weighted by Gasteiger charge is 2.65. The van der Waals surface area contributed by atoms with E-state index in [0.29, 0.717) is 37.5 Å².